The first-order chi connectivity index (χ1) is 33.2. The number of benzene rings is 2. The molecule has 0 aliphatic heterocycles. The molecule has 4 aliphatic carbocycles. The molecule has 0 amide bonds. The Morgan fingerprint density at radius 2 is 0.740 bits per heavy atom. The molecule has 0 fully saturated rings. The minimum absolute atomic E-state index is 0.236. The molecule has 0 heterocycles. The van der Waals surface area contributed by atoms with Crippen LogP contribution in [-0.4, -0.2) is 27.4 Å². The Morgan fingerprint density at radius 1 is 0.548 bits per heavy atom. The second kappa shape index (κ2) is 27.4. The van der Waals surface area contributed by atoms with Crippen LogP contribution in [0.2, 0.25) is 0 Å². The van der Waals surface area contributed by atoms with Crippen molar-refractivity contribution in [1.29, 1.82) is 0 Å². The van der Waals surface area contributed by atoms with Gasteiger partial charge in [0.05, 0.1) is 0 Å². The summed E-state index contributed by atoms with van der Waals surface area (Å²) in [5.74, 6) is 0.732. The number of allylic oxidation sites excluding steroid dienone is 2. The maximum absolute atomic E-state index is 9.56. The predicted octanol–water partition coefficient (Wildman–Crippen LogP) is 20.7. The van der Waals surface area contributed by atoms with Crippen LogP contribution in [0.1, 0.15) is 263 Å². The molecular formula is C67H112I3O2V-. The number of rotatable bonds is 19. The number of hydrogen-bond acceptors (Lipinski definition) is 2. The third-order valence-corrected chi connectivity index (χ3v) is 18.1. The molecule has 2 nitrogen and oxygen atoms in total. The average Bonchev–Trinajstić information content (AvgIpc) is 3.18. The summed E-state index contributed by atoms with van der Waals surface area (Å²) in [5.41, 5.74) is 24.5. The van der Waals surface area contributed by atoms with Crippen LogP contribution in [0.3, 0.4) is 0 Å². The van der Waals surface area contributed by atoms with Crippen molar-refractivity contribution in [3.63, 3.8) is 0 Å². The third-order valence-electron chi connectivity index (χ3n) is 17.2. The molecule has 0 bridgehead atoms. The number of fused-ring (bicyclic) bond motifs is 4. The molecule has 419 valence electrons. The Kier molecular flexibility index (Phi) is 26.2. The van der Waals surface area contributed by atoms with Gasteiger partial charge in [0.2, 0.25) is 0 Å². The summed E-state index contributed by atoms with van der Waals surface area (Å²) < 4.78 is 0.854. The van der Waals surface area contributed by atoms with Gasteiger partial charge in [-0.1, -0.05) is 151 Å². The number of aliphatic hydroxyl groups excluding tert-OH is 2. The first kappa shape index (κ1) is 69.7. The molecule has 2 aromatic rings. The first-order valence-corrected chi connectivity index (χ1v) is 38.6. The second-order valence-electron chi connectivity index (χ2n) is 29.2. The van der Waals surface area contributed by atoms with Crippen molar-refractivity contribution < 1.29 is 19.7 Å². The zero-order valence-corrected chi connectivity index (χ0v) is 59.5. The van der Waals surface area contributed by atoms with Gasteiger partial charge in [0.15, 0.2) is 0 Å². The second-order valence-corrected chi connectivity index (χ2v) is 43.1. The van der Waals surface area contributed by atoms with E-state index in [-0.39, 0.29) is 34.9 Å². The average molecular weight is 1380 g/mol. The molecule has 4 aliphatic rings. The van der Waals surface area contributed by atoms with E-state index in [2.05, 4.69) is 235 Å². The molecule has 2 aromatic carbocycles. The van der Waals surface area contributed by atoms with Gasteiger partial charge in [-0.05, 0) is 247 Å². The van der Waals surface area contributed by atoms with E-state index in [4.69, 9.17) is 0 Å². The summed E-state index contributed by atoms with van der Waals surface area (Å²) in [4.78, 5) is 0. The molecule has 0 radical (unpaired) electrons. The van der Waals surface area contributed by atoms with Crippen molar-refractivity contribution in [2.75, 3.05) is 13.2 Å². The summed E-state index contributed by atoms with van der Waals surface area (Å²) in [6, 6.07) is 0. The summed E-state index contributed by atoms with van der Waals surface area (Å²) in [6.45, 7) is 66.4. The van der Waals surface area contributed by atoms with Crippen LogP contribution in [0.15, 0.2) is 24.3 Å². The van der Waals surface area contributed by atoms with E-state index < -0.39 is 0 Å². The monoisotopic (exact) mass is 1380 g/mol. The van der Waals surface area contributed by atoms with Crippen LogP contribution < -0.4 is 0 Å². The topological polar surface area (TPSA) is 40.5 Å². The van der Waals surface area contributed by atoms with Crippen LogP contribution in [0, 0.1) is 68.1 Å². The Hall–Kier alpha value is 0.614. The molecule has 2 N–H and O–H groups in total. The zero-order valence-electron chi connectivity index (χ0n) is 51.6. The molecule has 6 rings (SSSR count). The summed E-state index contributed by atoms with van der Waals surface area (Å²) >= 11 is 7.14. The number of aliphatic hydroxyl groups is 2. The fraction of sp³-hybridized carbons (Fsp3) is 0.746. The SMILES string of the molecule is C=C(C)CC(C)(C)CC1(C)Cc2c(C)c3c(c(C)c21)CC3(C)CC(C)(C)CC(=C)C.CCC(C)I.Cc1c2c(c(C)c3c1C(C)(CC(C)(C)CC(C)CO)C3)C(C)(CC(C)(C)CC(C)CO)C2.[CH2-]CC.[I][V][I]. The van der Waals surface area contributed by atoms with E-state index in [1.807, 2.05) is 6.92 Å². The zero-order chi connectivity index (χ0) is 56.8. The van der Waals surface area contributed by atoms with Crippen LogP contribution in [0.4, 0.5) is 0 Å². The Bertz CT molecular complexity index is 2010. The summed E-state index contributed by atoms with van der Waals surface area (Å²) in [5, 5.41) is 19.1. The van der Waals surface area contributed by atoms with E-state index in [0.717, 1.165) is 36.0 Å². The Labute approximate surface area is 496 Å². The van der Waals surface area contributed by atoms with E-state index >= 15 is 0 Å². The summed E-state index contributed by atoms with van der Waals surface area (Å²) in [7, 11) is 0.628. The van der Waals surface area contributed by atoms with E-state index in [9.17, 15) is 10.2 Å². The minimum atomic E-state index is 0.236. The maximum atomic E-state index is 9.56. The van der Waals surface area contributed by atoms with Gasteiger partial charge in [-0.15, -0.1) is 13.2 Å². The summed E-state index contributed by atoms with van der Waals surface area (Å²) in [6.07, 6.45) is 16.5. The van der Waals surface area contributed by atoms with Gasteiger partial charge in [-0.2, -0.15) is 6.42 Å². The standard InChI is InChI=1S/C30H50O2.C30H46.C4H9I.C3H7.2HI.V/c1-19(15-31)11-27(5,6)17-29(9)13-23-22(4)26-24(21(3)25(23)29)14-30(26,10)18-28(7,8)12-20(2)16-32;1-19(2)13-27(7,8)17-29(11)15-23-22(6)26-24(21(5)25(23)29)16-30(26,12)18-28(9,10)14-20(3)4;1-3-4(2)5;1-3-2;;;/h19-20,31-32H,11-18H2,1-10H3;1,3,13-18H2,2,4-12H3;4H,3H2,1-2H3;1,3H2,2H3;2*1H;/q;;;-1;;;+2/p-2. The van der Waals surface area contributed by atoms with Gasteiger partial charge < -0.3 is 17.1 Å². The molecule has 0 spiro atoms. The number of halogens is 3. The molecular weight excluding hydrogens is 1270 g/mol. The van der Waals surface area contributed by atoms with E-state index in [0.29, 0.717) is 43.0 Å². The normalized spacial score (nSPS) is 23.5. The fourth-order valence-corrected chi connectivity index (χ4v) is 16.6. The van der Waals surface area contributed by atoms with Gasteiger partial charge >= 0.3 is 49.4 Å². The van der Waals surface area contributed by atoms with Crippen LogP contribution in [0.5, 0.6) is 0 Å². The van der Waals surface area contributed by atoms with Gasteiger partial charge in [-0.25, -0.2) is 0 Å². The molecule has 7 unspecified atom stereocenters. The Balaban J connectivity index is 0.000000417. The molecule has 73 heavy (non-hydrogen) atoms. The van der Waals surface area contributed by atoms with Crippen molar-refractivity contribution in [1.82, 2.24) is 0 Å². The van der Waals surface area contributed by atoms with Crippen molar-refractivity contribution in [2.24, 2.45) is 33.5 Å². The quantitative estimate of drug-likeness (QED) is 0.0637. The molecule has 0 saturated heterocycles. The van der Waals surface area contributed by atoms with Crippen molar-refractivity contribution in [3.8, 4) is 0 Å². The van der Waals surface area contributed by atoms with Crippen molar-refractivity contribution in [3.05, 3.63) is 98.0 Å². The van der Waals surface area contributed by atoms with Gasteiger partial charge in [0.25, 0.3) is 0 Å². The fourth-order valence-electron chi connectivity index (χ4n) is 16.6. The van der Waals surface area contributed by atoms with Gasteiger partial charge in [-0.3, -0.25) is 0 Å². The van der Waals surface area contributed by atoms with Gasteiger partial charge in [0, 0.05) is 17.1 Å². The molecule has 0 saturated carbocycles. The third kappa shape index (κ3) is 17.8. The predicted molar refractivity (Wildman–Crippen MR) is 348 cm³/mol. The Morgan fingerprint density at radius 3 is 0.904 bits per heavy atom. The van der Waals surface area contributed by atoms with Crippen LogP contribution >= 0.6 is 62.5 Å². The molecule has 7 atom stereocenters. The van der Waals surface area contributed by atoms with E-state index in [1.165, 1.54) is 68.9 Å². The first-order valence-electron chi connectivity index (χ1n) is 28.4. The van der Waals surface area contributed by atoms with Crippen LogP contribution in [0.25, 0.3) is 0 Å². The van der Waals surface area contributed by atoms with Crippen LogP contribution in [-0.2, 0) is 56.8 Å². The van der Waals surface area contributed by atoms with Crippen molar-refractivity contribution in [2.45, 2.75) is 275 Å². The number of hydrogen-bond donors (Lipinski definition) is 2. The van der Waals surface area contributed by atoms with E-state index in [1.54, 1.807) is 66.8 Å². The molecule has 6 heteroatoms. The van der Waals surface area contributed by atoms with Crippen molar-refractivity contribution >= 4 is 62.5 Å². The van der Waals surface area contributed by atoms with Gasteiger partial charge in [0.1, 0.15) is 0 Å². The molecule has 0 aromatic heterocycles. The number of alkyl halides is 1.